The number of hydrazine groups is 1. The number of rotatable bonds is 7. The summed E-state index contributed by atoms with van der Waals surface area (Å²) >= 11 is 11.2. The van der Waals surface area contributed by atoms with Crippen LogP contribution in [0.25, 0.3) is 6.08 Å². The zero-order valence-corrected chi connectivity index (χ0v) is 16.4. The van der Waals surface area contributed by atoms with Crippen LogP contribution in [-0.2, 0) is 4.79 Å². The van der Waals surface area contributed by atoms with Crippen molar-refractivity contribution in [3.63, 3.8) is 0 Å². The lowest BCUT2D eigenvalue weighted by atomic mass is 10.1. The first kappa shape index (κ1) is 21.1. The van der Waals surface area contributed by atoms with Gasteiger partial charge in [0.1, 0.15) is 0 Å². The molecule has 0 aliphatic carbocycles. The van der Waals surface area contributed by atoms with Gasteiger partial charge in [-0.25, -0.2) is 0 Å². The Hall–Kier alpha value is -1.99. The third kappa shape index (κ3) is 7.62. The highest BCUT2D eigenvalue weighted by atomic mass is 35.5. The third-order valence-corrected chi connectivity index (χ3v) is 3.72. The van der Waals surface area contributed by atoms with E-state index >= 15 is 0 Å². The van der Waals surface area contributed by atoms with Gasteiger partial charge in [-0.05, 0) is 48.3 Å². The predicted molar refractivity (Wildman–Crippen MR) is 105 cm³/mol. The molecule has 0 aliphatic heterocycles. The molecule has 1 aromatic carbocycles. The molecule has 0 aliphatic rings. The Bertz CT molecular complexity index is 636. The van der Waals surface area contributed by atoms with Crippen LogP contribution in [0.1, 0.15) is 25.8 Å². The van der Waals surface area contributed by atoms with Gasteiger partial charge in [0.2, 0.25) is 0 Å². The molecule has 25 heavy (non-hydrogen) atoms. The topological polar surface area (TPSA) is 71.6 Å². The molecule has 3 N–H and O–H groups in total. The van der Waals surface area contributed by atoms with E-state index < -0.39 is 0 Å². The quantitative estimate of drug-likeness (QED) is 0.381. The number of nitrogens with one attached hydrogen (secondary N) is 3. The Kier molecular flexibility index (Phi) is 9.08. The van der Waals surface area contributed by atoms with E-state index in [0.29, 0.717) is 33.1 Å². The van der Waals surface area contributed by atoms with Gasteiger partial charge in [0.05, 0.1) is 19.2 Å². The van der Waals surface area contributed by atoms with E-state index in [1.807, 2.05) is 0 Å². The van der Waals surface area contributed by atoms with E-state index in [9.17, 15) is 4.79 Å². The van der Waals surface area contributed by atoms with Crippen LogP contribution < -0.4 is 25.6 Å². The largest absolute Gasteiger partial charge is 0.493 e. The molecule has 6 nitrogen and oxygen atoms in total. The summed E-state index contributed by atoms with van der Waals surface area (Å²) in [5, 5.41) is 3.78. The van der Waals surface area contributed by atoms with E-state index in [4.69, 9.17) is 33.3 Å². The lowest BCUT2D eigenvalue weighted by Crippen LogP contribution is -2.46. The predicted octanol–water partition coefficient (Wildman–Crippen LogP) is 2.91. The summed E-state index contributed by atoms with van der Waals surface area (Å²) in [5.41, 5.74) is 5.84. The number of amides is 1. The molecule has 8 heteroatoms. The molecule has 0 aromatic heterocycles. The van der Waals surface area contributed by atoms with Gasteiger partial charge in [-0.2, -0.15) is 0 Å². The highest BCUT2D eigenvalue weighted by Crippen LogP contribution is 2.36. The lowest BCUT2D eigenvalue weighted by Gasteiger charge is -2.11. The van der Waals surface area contributed by atoms with Crippen LogP contribution in [0.15, 0.2) is 18.2 Å². The maximum atomic E-state index is 11.8. The molecule has 0 spiro atoms. The lowest BCUT2D eigenvalue weighted by molar-refractivity contribution is -0.116. The number of hydrogen-bond donors (Lipinski definition) is 3. The Labute approximate surface area is 158 Å². The zero-order chi connectivity index (χ0) is 18.8. The zero-order valence-electron chi connectivity index (χ0n) is 14.8. The monoisotopic (exact) mass is 385 g/mol. The van der Waals surface area contributed by atoms with Gasteiger partial charge in [-0.15, -0.1) is 0 Å². The molecule has 0 saturated carbocycles. The molecule has 0 unspecified atom stereocenters. The summed E-state index contributed by atoms with van der Waals surface area (Å²) in [6.45, 7) is 5.01. The fourth-order valence-corrected chi connectivity index (χ4v) is 2.33. The summed E-state index contributed by atoms with van der Waals surface area (Å²) in [6.07, 6.45) is 3.97. The second-order valence-electron chi connectivity index (χ2n) is 5.62. The van der Waals surface area contributed by atoms with Crippen LogP contribution in [0.2, 0.25) is 5.02 Å². The summed E-state index contributed by atoms with van der Waals surface area (Å²) in [5.74, 6) is 1.18. The van der Waals surface area contributed by atoms with Crippen molar-refractivity contribution in [1.82, 2.24) is 16.2 Å². The Morgan fingerprint density at radius 1 is 1.28 bits per heavy atom. The van der Waals surface area contributed by atoms with Crippen molar-refractivity contribution in [3.8, 4) is 11.5 Å². The number of carbonyl (C=O) groups excluding carboxylic acids is 1. The third-order valence-electron chi connectivity index (χ3n) is 3.19. The molecule has 1 aromatic rings. The number of methoxy groups -OCH3 is 2. The fraction of sp³-hybridized carbons (Fsp3) is 0.412. The Morgan fingerprint density at radius 3 is 2.60 bits per heavy atom. The molecular formula is C17H24ClN3O3S. The van der Waals surface area contributed by atoms with Crippen LogP contribution in [0, 0.1) is 5.92 Å². The molecule has 0 bridgehead atoms. The highest BCUT2D eigenvalue weighted by molar-refractivity contribution is 7.80. The first-order valence-corrected chi connectivity index (χ1v) is 8.59. The van der Waals surface area contributed by atoms with Crippen LogP contribution in [-0.4, -0.2) is 31.8 Å². The van der Waals surface area contributed by atoms with Gasteiger partial charge in [0, 0.05) is 12.6 Å². The number of carbonyl (C=O) groups is 1. The number of hydrogen-bond acceptors (Lipinski definition) is 4. The second-order valence-corrected chi connectivity index (χ2v) is 6.44. The Balaban J connectivity index is 2.54. The van der Waals surface area contributed by atoms with Crippen molar-refractivity contribution in [2.45, 2.75) is 20.3 Å². The van der Waals surface area contributed by atoms with Crippen molar-refractivity contribution < 1.29 is 14.3 Å². The van der Waals surface area contributed by atoms with Crippen LogP contribution in [0.4, 0.5) is 0 Å². The molecular weight excluding hydrogens is 362 g/mol. The van der Waals surface area contributed by atoms with Crippen molar-refractivity contribution in [3.05, 3.63) is 28.8 Å². The van der Waals surface area contributed by atoms with Crippen LogP contribution in [0.5, 0.6) is 11.5 Å². The molecule has 138 valence electrons. The summed E-state index contributed by atoms with van der Waals surface area (Å²) in [4.78, 5) is 11.8. The van der Waals surface area contributed by atoms with Crippen LogP contribution in [0.3, 0.4) is 0 Å². The standard InChI is InChI=1S/C17H24ClN3O3S/c1-11(2)7-8-19-17(25)21-20-15(22)6-5-12-9-13(18)16(24-4)14(10-12)23-3/h5-6,9-11H,7-8H2,1-4H3,(H,20,22)(H2,19,21,25)/b6-5+. The van der Waals surface area contributed by atoms with Gasteiger partial charge in [-0.3, -0.25) is 15.6 Å². The number of halogens is 1. The Morgan fingerprint density at radius 2 is 2.00 bits per heavy atom. The van der Waals surface area contributed by atoms with Crippen molar-refractivity contribution in [2.24, 2.45) is 5.92 Å². The summed E-state index contributed by atoms with van der Waals surface area (Å²) < 4.78 is 10.4. The first-order valence-electron chi connectivity index (χ1n) is 7.80. The van der Waals surface area contributed by atoms with Gasteiger partial charge in [-0.1, -0.05) is 25.4 Å². The summed E-state index contributed by atoms with van der Waals surface area (Å²) in [7, 11) is 3.03. The SMILES string of the molecule is COc1cc(/C=C/C(=O)NNC(=S)NCCC(C)C)cc(Cl)c1OC. The maximum Gasteiger partial charge on any atom is 0.262 e. The van der Waals surface area contributed by atoms with Crippen molar-refractivity contribution in [1.29, 1.82) is 0 Å². The minimum atomic E-state index is -0.348. The molecule has 1 rings (SSSR count). The van der Waals surface area contributed by atoms with E-state index in [2.05, 4.69) is 30.0 Å². The van der Waals surface area contributed by atoms with Gasteiger partial charge in [0.15, 0.2) is 16.6 Å². The number of ether oxygens (including phenoxy) is 2. The minimum absolute atomic E-state index is 0.348. The number of thiocarbonyl (C=S) groups is 1. The van der Waals surface area contributed by atoms with Gasteiger partial charge in [0.25, 0.3) is 5.91 Å². The molecule has 0 radical (unpaired) electrons. The molecule has 0 fully saturated rings. The normalized spacial score (nSPS) is 10.6. The molecule has 0 atom stereocenters. The van der Waals surface area contributed by atoms with Crippen LogP contribution >= 0.6 is 23.8 Å². The molecule has 0 saturated heterocycles. The van der Waals surface area contributed by atoms with E-state index in [1.165, 1.54) is 20.3 Å². The van der Waals surface area contributed by atoms with Crippen molar-refractivity contribution >= 4 is 40.9 Å². The highest BCUT2D eigenvalue weighted by Gasteiger charge is 2.09. The average Bonchev–Trinajstić information content (AvgIpc) is 2.57. The van der Waals surface area contributed by atoms with Gasteiger partial charge >= 0.3 is 0 Å². The molecule has 0 heterocycles. The minimum Gasteiger partial charge on any atom is -0.493 e. The van der Waals surface area contributed by atoms with Gasteiger partial charge < -0.3 is 14.8 Å². The van der Waals surface area contributed by atoms with Crippen molar-refractivity contribution in [2.75, 3.05) is 20.8 Å². The smallest absolute Gasteiger partial charge is 0.262 e. The first-order chi connectivity index (χ1) is 11.9. The summed E-state index contributed by atoms with van der Waals surface area (Å²) in [6, 6.07) is 3.40. The second kappa shape index (κ2) is 10.8. The fourth-order valence-electron chi connectivity index (χ4n) is 1.88. The molecule has 1 amide bonds. The maximum absolute atomic E-state index is 11.8. The van der Waals surface area contributed by atoms with E-state index in [1.54, 1.807) is 18.2 Å². The number of benzene rings is 1. The van der Waals surface area contributed by atoms with E-state index in [-0.39, 0.29) is 5.91 Å². The average molecular weight is 386 g/mol. The van der Waals surface area contributed by atoms with E-state index in [0.717, 1.165) is 13.0 Å².